The van der Waals surface area contributed by atoms with E-state index in [1.165, 1.54) is 0 Å². The first-order chi connectivity index (χ1) is 8.11. The van der Waals surface area contributed by atoms with Crippen LogP contribution in [0.1, 0.15) is 50.8 Å². The molecule has 1 nitrogen and oxygen atoms in total. The van der Waals surface area contributed by atoms with E-state index < -0.39 is 0 Å². The number of hydrogen-bond donors (Lipinski definition) is 1. The van der Waals surface area contributed by atoms with E-state index in [1.54, 1.807) is 0 Å². The van der Waals surface area contributed by atoms with Gasteiger partial charge in [0.1, 0.15) is 5.82 Å². The summed E-state index contributed by atoms with van der Waals surface area (Å²) in [6.07, 6.45) is 2.12. The van der Waals surface area contributed by atoms with Gasteiger partial charge in [-0.2, -0.15) is 0 Å². The zero-order chi connectivity index (χ0) is 12.8. The highest BCUT2D eigenvalue weighted by Crippen LogP contribution is 2.27. The Morgan fingerprint density at radius 3 is 2.59 bits per heavy atom. The zero-order valence-electron chi connectivity index (χ0n) is 11.4. The molecule has 1 aromatic carbocycles. The molecule has 0 aliphatic carbocycles. The van der Waals surface area contributed by atoms with Gasteiger partial charge in [-0.1, -0.05) is 45.4 Å². The Kier molecular flexibility index (Phi) is 5.63. The molecule has 2 unspecified atom stereocenters. The van der Waals surface area contributed by atoms with Crippen molar-refractivity contribution in [3.8, 4) is 0 Å². The van der Waals surface area contributed by atoms with Gasteiger partial charge in [0.2, 0.25) is 0 Å². The van der Waals surface area contributed by atoms with Gasteiger partial charge in [-0.05, 0) is 31.4 Å². The van der Waals surface area contributed by atoms with E-state index in [1.807, 2.05) is 25.1 Å². The Morgan fingerprint density at radius 2 is 2.00 bits per heavy atom. The Morgan fingerprint density at radius 1 is 1.29 bits per heavy atom. The summed E-state index contributed by atoms with van der Waals surface area (Å²) in [5.74, 6) is 0.388. The summed E-state index contributed by atoms with van der Waals surface area (Å²) in [5.41, 5.74) is 1.54. The molecule has 96 valence electrons. The van der Waals surface area contributed by atoms with Crippen LogP contribution in [-0.4, -0.2) is 6.54 Å². The first kappa shape index (κ1) is 14.2. The smallest absolute Gasteiger partial charge is 0.130 e. The maximum Gasteiger partial charge on any atom is 0.130 e. The van der Waals surface area contributed by atoms with Crippen LogP contribution in [0.4, 0.5) is 4.39 Å². The molecule has 0 aromatic heterocycles. The van der Waals surface area contributed by atoms with Gasteiger partial charge in [0.25, 0.3) is 0 Å². The van der Waals surface area contributed by atoms with E-state index in [4.69, 9.17) is 0 Å². The predicted octanol–water partition coefficient (Wildman–Crippen LogP) is 4.22. The van der Waals surface area contributed by atoms with Crippen LogP contribution in [0.15, 0.2) is 18.2 Å². The molecular formula is C15H24FN. The summed E-state index contributed by atoms with van der Waals surface area (Å²) in [6.45, 7) is 9.22. The molecule has 0 bridgehead atoms. The molecule has 0 radical (unpaired) electrons. The van der Waals surface area contributed by atoms with Crippen molar-refractivity contribution >= 4 is 0 Å². The average Bonchev–Trinajstić information content (AvgIpc) is 2.34. The van der Waals surface area contributed by atoms with Crippen LogP contribution in [0.25, 0.3) is 0 Å². The topological polar surface area (TPSA) is 12.0 Å². The molecule has 17 heavy (non-hydrogen) atoms. The molecule has 2 heteroatoms. The van der Waals surface area contributed by atoms with Crippen molar-refractivity contribution in [2.75, 3.05) is 6.54 Å². The van der Waals surface area contributed by atoms with Gasteiger partial charge >= 0.3 is 0 Å². The number of hydrogen-bond acceptors (Lipinski definition) is 1. The van der Waals surface area contributed by atoms with Crippen molar-refractivity contribution in [1.29, 1.82) is 0 Å². The minimum atomic E-state index is -0.0543. The second-order valence-corrected chi connectivity index (χ2v) is 4.80. The molecule has 1 aromatic rings. The largest absolute Gasteiger partial charge is 0.310 e. The van der Waals surface area contributed by atoms with Crippen molar-refractivity contribution in [2.45, 2.75) is 46.6 Å². The van der Waals surface area contributed by atoms with Crippen molar-refractivity contribution in [3.05, 3.63) is 35.1 Å². The number of benzene rings is 1. The number of halogens is 1. The van der Waals surface area contributed by atoms with Gasteiger partial charge in [0.05, 0.1) is 0 Å². The predicted molar refractivity (Wildman–Crippen MR) is 71.6 cm³/mol. The monoisotopic (exact) mass is 237 g/mol. The summed E-state index contributed by atoms with van der Waals surface area (Å²) in [7, 11) is 0. The molecular weight excluding hydrogens is 213 g/mol. The number of rotatable bonds is 6. The van der Waals surface area contributed by atoms with Crippen LogP contribution < -0.4 is 5.32 Å². The minimum absolute atomic E-state index is 0.0543. The second-order valence-electron chi connectivity index (χ2n) is 4.80. The molecule has 1 rings (SSSR count). The third kappa shape index (κ3) is 3.53. The van der Waals surface area contributed by atoms with Crippen molar-refractivity contribution in [1.82, 2.24) is 5.32 Å². The Balaban J connectivity index is 2.99. The van der Waals surface area contributed by atoms with Crippen LogP contribution >= 0.6 is 0 Å². The normalized spacial score (nSPS) is 14.6. The van der Waals surface area contributed by atoms with E-state index in [-0.39, 0.29) is 11.9 Å². The van der Waals surface area contributed by atoms with Crippen LogP contribution in [0, 0.1) is 18.7 Å². The first-order valence-corrected chi connectivity index (χ1v) is 6.60. The Bertz CT molecular complexity index is 349. The average molecular weight is 237 g/mol. The molecule has 0 saturated heterocycles. The SMILES string of the molecule is CCCNC(c1cccc(C)c1F)C(C)CC. The van der Waals surface area contributed by atoms with E-state index in [2.05, 4.69) is 26.1 Å². The quantitative estimate of drug-likeness (QED) is 0.781. The van der Waals surface area contributed by atoms with E-state index in [0.717, 1.165) is 30.5 Å². The summed E-state index contributed by atoms with van der Waals surface area (Å²) in [6, 6.07) is 5.80. The lowest BCUT2D eigenvalue weighted by Gasteiger charge is -2.25. The van der Waals surface area contributed by atoms with Gasteiger partial charge in [-0.25, -0.2) is 4.39 Å². The highest BCUT2D eigenvalue weighted by molar-refractivity contribution is 5.28. The van der Waals surface area contributed by atoms with E-state index >= 15 is 0 Å². The molecule has 0 saturated carbocycles. The minimum Gasteiger partial charge on any atom is -0.310 e. The summed E-state index contributed by atoms with van der Waals surface area (Å²) in [5, 5.41) is 3.46. The van der Waals surface area contributed by atoms with Crippen molar-refractivity contribution < 1.29 is 4.39 Å². The molecule has 0 spiro atoms. The van der Waals surface area contributed by atoms with E-state index in [0.29, 0.717) is 5.92 Å². The van der Waals surface area contributed by atoms with Crippen LogP contribution in [0.3, 0.4) is 0 Å². The van der Waals surface area contributed by atoms with Crippen molar-refractivity contribution in [3.63, 3.8) is 0 Å². The van der Waals surface area contributed by atoms with Gasteiger partial charge in [-0.15, -0.1) is 0 Å². The highest BCUT2D eigenvalue weighted by Gasteiger charge is 2.20. The van der Waals surface area contributed by atoms with Gasteiger partial charge < -0.3 is 5.32 Å². The maximum absolute atomic E-state index is 14.1. The van der Waals surface area contributed by atoms with Crippen LogP contribution in [0.5, 0.6) is 0 Å². The molecule has 0 heterocycles. The zero-order valence-corrected chi connectivity index (χ0v) is 11.4. The van der Waals surface area contributed by atoms with Gasteiger partial charge in [0, 0.05) is 11.6 Å². The lowest BCUT2D eigenvalue weighted by Crippen LogP contribution is -2.28. The summed E-state index contributed by atoms with van der Waals surface area (Å²) in [4.78, 5) is 0. The molecule has 2 atom stereocenters. The lowest BCUT2D eigenvalue weighted by atomic mass is 9.91. The Labute approximate surface area is 104 Å². The summed E-state index contributed by atoms with van der Waals surface area (Å²) < 4.78 is 14.1. The fraction of sp³-hybridized carbons (Fsp3) is 0.600. The summed E-state index contributed by atoms with van der Waals surface area (Å²) >= 11 is 0. The molecule has 0 aliphatic rings. The number of nitrogens with one attached hydrogen (secondary N) is 1. The molecule has 0 aliphatic heterocycles. The highest BCUT2D eigenvalue weighted by atomic mass is 19.1. The molecule has 1 N–H and O–H groups in total. The lowest BCUT2D eigenvalue weighted by molar-refractivity contribution is 0.365. The third-order valence-corrected chi connectivity index (χ3v) is 3.38. The van der Waals surface area contributed by atoms with Gasteiger partial charge in [-0.3, -0.25) is 0 Å². The third-order valence-electron chi connectivity index (χ3n) is 3.38. The Hall–Kier alpha value is -0.890. The molecule has 0 amide bonds. The maximum atomic E-state index is 14.1. The fourth-order valence-corrected chi connectivity index (χ4v) is 2.06. The number of aryl methyl sites for hydroxylation is 1. The fourth-order valence-electron chi connectivity index (χ4n) is 2.06. The van der Waals surface area contributed by atoms with Gasteiger partial charge in [0.15, 0.2) is 0 Å². The van der Waals surface area contributed by atoms with Crippen LogP contribution in [-0.2, 0) is 0 Å². The second kappa shape index (κ2) is 6.75. The molecule has 0 fully saturated rings. The standard InChI is InChI=1S/C15H24FN/c1-5-10-17-15(11(3)6-2)13-9-7-8-12(4)14(13)16/h7-9,11,15,17H,5-6,10H2,1-4H3. The van der Waals surface area contributed by atoms with Crippen LogP contribution in [0.2, 0.25) is 0 Å². The van der Waals surface area contributed by atoms with E-state index in [9.17, 15) is 4.39 Å². The van der Waals surface area contributed by atoms with Crippen molar-refractivity contribution in [2.24, 2.45) is 5.92 Å². The first-order valence-electron chi connectivity index (χ1n) is 6.60.